The van der Waals surface area contributed by atoms with Gasteiger partial charge in [-0.05, 0) is 18.4 Å². The van der Waals surface area contributed by atoms with Crippen molar-refractivity contribution in [2.75, 3.05) is 13.2 Å². The summed E-state index contributed by atoms with van der Waals surface area (Å²) in [6.07, 6.45) is -1.91. The van der Waals surface area contributed by atoms with Gasteiger partial charge in [0.25, 0.3) is 5.91 Å². The minimum absolute atomic E-state index is 0.0931. The van der Waals surface area contributed by atoms with Crippen LogP contribution in [0.15, 0.2) is 41.4 Å². The number of carbonyl (C=O) groups is 1. The molecule has 9 heteroatoms. The van der Waals surface area contributed by atoms with Crippen molar-refractivity contribution in [3.63, 3.8) is 0 Å². The first-order chi connectivity index (χ1) is 12.9. The maximum Gasteiger partial charge on any atom is 0.471 e. The van der Waals surface area contributed by atoms with E-state index in [1.165, 1.54) is 0 Å². The predicted octanol–water partition coefficient (Wildman–Crippen LogP) is 3.45. The molecule has 1 aliphatic rings. The van der Waals surface area contributed by atoms with Crippen LogP contribution in [0.3, 0.4) is 0 Å². The van der Waals surface area contributed by atoms with Crippen LogP contribution in [0.1, 0.15) is 24.3 Å². The first-order valence-electron chi connectivity index (χ1n) is 8.40. The lowest BCUT2D eigenvalue weighted by Crippen LogP contribution is -2.38. The molecule has 1 aromatic heterocycles. The van der Waals surface area contributed by atoms with E-state index in [4.69, 9.17) is 4.74 Å². The zero-order chi connectivity index (χ0) is 19.4. The molecule has 2 heterocycles. The quantitative estimate of drug-likeness (QED) is 0.717. The summed E-state index contributed by atoms with van der Waals surface area (Å²) in [6.45, 7) is 4.97. The first-order valence-corrected chi connectivity index (χ1v) is 8.40. The molecule has 1 saturated heterocycles. The van der Waals surface area contributed by atoms with Gasteiger partial charge in [-0.25, -0.2) is 0 Å². The Morgan fingerprint density at radius 2 is 2.07 bits per heavy atom. The van der Waals surface area contributed by atoms with Crippen LogP contribution >= 0.6 is 0 Å². The Hall–Kier alpha value is -2.68. The fourth-order valence-electron chi connectivity index (χ4n) is 2.80. The molecule has 0 spiro atoms. The molecule has 0 aliphatic carbocycles. The van der Waals surface area contributed by atoms with E-state index >= 15 is 0 Å². The van der Waals surface area contributed by atoms with Gasteiger partial charge in [0.1, 0.15) is 6.10 Å². The standard InChI is InChI=1S/C18H18F3N3O3/c1-2-9-24(16(25)14-4-3-10-26-14)11-12-5-7-13(8-6-12)15-22-17(27-23-15)18(19,20)21/h2,5-8,14H,1,3-4,9-11H2. The lowest BCUT2D eigenvalue weighted by molar-refractivity contribution is -0.159. The summed E-state index contributed by atoms with van der Waals surface area (Å²) >= 11 is 0. The number of benzene rings is 1. The SMILES string of the molecule is C=CCN(Cc1ccc(-c2noc(C(F)(F)F)n2)cc1)C(=O)C1CCCO1. The number of alkyl halides is 3. The number of ether oxygens (including phenoxy) is 1. The van der Waals surface area contributed by atoms with Crippen LogP contribution < -0.4 is 0 Å². The van der Waals surface area contributed by atoms with Gasteiger partial charge in [-0.2, -0.15) is 18.2 Å². The molecule has 144 valence electrons. The Balaban J connectivity index is 1.71. The molecule has 1 atom stereocenters. The van der Waals surface area contributed by atoms with Crippen molar-refractivity contribution in [3.05, 3.63) is 48.4 Å². The molecule has 1 fully saturated rings. The maximum absolute atomic E-state index is 12.5. The first kappa shape index (κ1) is 19.1. The highest BCUT2D eigenvalue weighted by Gasteiger charge is 2.38. The Labute approximate surface area is 153 Å². The number of halogens is 3. The summed E-state index contributed by atoms with van der Waals surface area (Å²) in [5, 5.41) is 3.35. The normalized spacial score (nSPS) is 17.1. The third-order valence-corrected chi connectivity index (χ3v) is 4.12. The molecule has 0 radical (unpaired) electrons. The number of aromatic nitrogens is 2. The van der Waals surface area contributed by atoms with E-state index in [1.807, 2.05) is 0 Å². The summed E-state index contributed by atoms with van der Waals surface area (Å²) in [5.41, 5.74) is 1.20. The third-order valence-electron chi connectivity index (χ3n) is 4.12. The lowest BCUT2D eigenvalue weighted by Gasteiger charge is -2.24. The summed E-state index contributed by atoms with van der Waals surface area (Å²) < 4.78 is 47.3. The van der Waals surface area contributed by atoms with Crippen molar-refractivity contribution in [2.45, 2.75) is 31.7 Å². The van der Waals surface area contributed by atoms with Gasteiger partial charge in [0.05, 0.1) is 0 Å². The molecule has 0 N–H and O–H groups in total. The number of hydrogen-bond donors (Lipinski definition) is 0. The van der Waals surface area contributed by atoms with Crippen molar-refractivity contribution < 1.29 is 27.2 Å². The third kappa shape index (κ3) is 4.54. The highest BCUT2D eigenvalue weighted by molar-refractivity contribution is 5.81. The average Bonchev–Trinajstić information content (AvgIpc) is 3.33. The second-order valence-electron chi connectivity index (χ2n) is 6.13. The number of amides is 1. The highest BCUT2D eigenvalue weighted by Crippen LogP contribution is 2.29. The van der Waals surface area contributed by atoms with Crippen molar-refractivity contribution in [1.82, 2.24) is 15.0 Å². The molecular formula is C18H18F3N3O3. The van der Waals surface area contributed by atoms with Crippen LogP contribution in [0.5, 0.6) is 0 Å². The van der Waals surface area contributed by atoms with Crippen molar-refractivity contribution in [2.24, 2.45) is 0 Å². The largest absolute Gasteiger partial charge is 0.471 e. The second kappa shape index (κ2) is 7.91. The molecule has 3 rings (SSSR count). The maximum atomic E-state index is 12.5. The zero-order valence-electron chi connectivity index (χ0n) is 14.4. The minimum atomic E-state index is -4.68. The van der Waals surface area contributed by atoms with E-state index < -0.39 is 18.2 Å². The zero-order valence-corrected chi connectivity index (χ0v) is 14.4. The average molecular weight is 381 g/mol. The van der Waals surface area contributed by atoms with Crippen LogP contribution in [0.25, 0.3) is 11.4 Å². The Morgan fingerprint density at radius 1 is 1.33 bits per heavy atom. The van der Waals surface area contributed by atoms with Crippen molar-refractivity contribution in [1.29, 1.82) is 0 Å². The summed E-state index contributed by atoms with van der Waals surface area (Å²) in [7, 11) is 0. The number of hydrogen-bond acceptors (Lipinski definition) is 5. The van der Waals surface area contributed by atoms with Crippen LogP contribution in [-0.4, -0.2) is 40.2 Å². The fourth-order valence-corrected chi connectivity index (χ4v) is 2.80. The lowest BCUT2D eigenvalue weighted by atomic mass is 10.1. The van der Waals surface area contributed by atoms with E-state index in [1.54, 1.807) is 35.2 Å². The Morgan fingerprint density at radius 3 is 2.63 bits per heavy atom. The van der Waals surface area contributed by atoms with Crippen LogP contribution in [0.4, 0.5) is 13.2 Å². The minimum Gasteiger partial charge on any atom is -0.368 e. The summed E-state index contributed by atoms with van der Waals surface area (Å²) in [5.74, 6) is -1.63. The van der Waals surface area contributed by atoms with E-state index in [0.29, 0.717) is 31.7 Å². The van der Waals surface area contributed by atoms with Gasteiger partial charge >= 0.3 is 12.1 Å². The van der Waals surface area contributed by atoms with Gasteiger partial charge in [0.2, 0.25) is 5.82 Å². The summed E-state index contributed by atoms with van der Waals surface area (Å²) in [6, 6.07) is 6.58. The molecular weight excluding hydrogens is 363 g/mol. The monoisotopic (exact) mass is 381 g/mol. The highest BCUT2D eigenvalue weighted by atomic mass is 19.4. The summed E-state index contributed by atoms with van der Waals surface area (Å²) in [4.78, 5) is 17.5. The van der Waals surface area contributed by atoms with Gasteiger partial charge in [-0.3, -0.25) is 4.79 Å². The molecule has 1 unspecified atom stereocenters. The van der Waals surface area contributed by atoms with E-state index in [9.17, 15) is 18.0 Å². The topological polar surface area (TPSA) is 68.5 Å². The Bertz CT molecular complexity index is 796. The van der Waals surface area contributed by atoms with E-state index in [2.05, 4.69) is 21.2 Å². The van der Waals surface area contributed by atoms with Gasteiger partial charge < -0.3 is 14.2 Å². The van der Waals surface area contributed by atoms with E-state index in [0.717, 1.165) is 12.0 Å². The van der Waals surface area contributed by atoms with Gasteiger partial charge in [0, 0.05) is 25.3 Å². The molecule has 6 nitrogen and oxygen atoms in total. The van der Waals surface area contributed by atoms with Gasteiger partial charge in [-0.15, -0.1) is 6.58 Å². The molecule has 0 saturated carbocycles. The second-order valence-corrected chi connectivity index (χ2v) is 6.13. The molecule has 27 heavy (non-hydrogen) atoms. The number of rotatable bonds is 6. The molecule has 1 aliphatic heterocycles. The molecule has 1 aromatic carbocycles. The predicted molar refractivity (Wildman–Crippen MR) is 89.3 cm³/mol. The molecule has 0 bridgehead atoms. The van der Waals surface area contributed by atoms with Crippen molar-refractivity contribution >= 4 is 5.91 Å². The Kier molecular flexibility index (Phi) is 5.59. The fraction of sp³-hybridized carbons (Fsp3) is 0.389. The smallest absolute Gasteiger partial charge is 0.368 e. The van der Waals surface area contributed by atoms with Crippen LogP contribution in [-0.2, 0) is 22.3 Å². The van der Waals surface area contributed by atoms with Gasteiger partial charge in [0.15, 0.2) is 0 Å². The van der Waals surface area contributed by atoms with Gasteiger partial charge in [-0.1, -0.05) is 35.5 Å². The van der Waals surface area contributed by atoms with E-state index in [-0.39, 0.29) is 11.7 Å². The number of nitrogens with zero attached hydrogens (tertiary/aromatic N) is 3. The molecule has 1 amide bonds. The van der Waals surface area contributed by atoms with Crippen LogP contribution in [0, 0.1) is 0 Å². The van der Waals surface area contributed by atoms with Crippen LogP contribution in [0.2, 0.25) is 0 Å². The van der Waals surface area contributed by atoms with Crippen molar-refractivity contribution in [3.8, 4) is 11.4 Å². The number of carbonyl (C=O) groups excluding carboxylic acids is 1. The molecule has 2 aromatic rings.